The number of nitrogens with one attached hydrogen (secondary N) is 1. The highest BCUT2D eigenvalue weighted by Crippen LogP contribution is 2.11. The topological polar surface area (TPSA) is 55.6 Å². The lowest BCUT2D eigenvalue weighted by atomic mass is 10.6. The zero-order valence-corrected chi connectivity index (χ0v) is 8.23. The second-order valence-corrected chi connectivity index (χ2v) is 3.13. The Morgan fingerprint density at radius 1 is 1.36 bits per heavy atom. The maximum atomic E-state index is 5.65. The van der Waals surface area contributed by atoms with Crippen LogP contribution in [0, 0.1) is 0 Å². The van der Waals surface area contributed by atoms with Crippen molar-refractivity contribution >= 4 is 23.4 Å². The minimum atomic E-state index is 0.498. The normalized spacial score (nSPS) is 10.1. The average Bonchev–Trinajstić information content (AvgIpc) is 2.56. The van der Waals surface area contributed by atoms with Crippen LogP contribution in [-0.2, 0) is 7.05 Å². The molecule has 72 valence electrons. The van der Waals surface area contributed by atoms with Gasteiger partial charge >= 0.3 is 0 Å². The Kier molecular flexibility index (Phi) is 2.32. The van der Waals surface area contributed by atoms with E-state index in [0.29, 0.717) is 11.0 Å². The fraction of sp³-hybridized carbons (Fsp3) is 0.125. The summed E-state index contributed by atoms with van der Waals surface area (Å²) in [6, 6.07) is 1.83. The molecule has 0 bridgehead atoms. The summed E-state index contributed by atoms with van der Waals surface area (Å²) in [6.45, 7) is 0. The van der Waals surface area contributed by atoms with E-state index in [2.05, 4.69) is 20.4 Å². The highest BCUT2D eigenvalue weighted by molar-refractivity contribution is 6.30. The van der Waals surface area contributed by atoms with E-state index in [-0.39, 0.29) is 0 Å². The molecule has 0 spiro atoms. The zero-order chi connectivity index (χ0) is 9.97. The Balaban J connectivity index is 2.19. The summed E-state index contributed by atoms with van der Waals surface area (Å²) >= 11 is 5.65. The Hall–Kier alpha value is -1.62. The minimum absolute atomic E-state index is 0.498. The number of hydrogen-bond acceptors (Lipinski definition) is 4. The molecule has 1 N–H and O–H groups in total. The van der Waals surface area contributed by atoms with Gasteiger partial charge in [0.25, 0.3) is 0 Å². The van der Waals surface area contributed by atoms with Crippen LogP contribution in [0.5, 0.6) is 0 Å². The summed E-state index contributed by atoms with van der Waals surface area (Å²) in [5.41, 5.74) is 0. The van der Waals surface area contributed by atoms with Gasteiger partial charge in [0, 0.05) is 13.1 Å². The lowest BCUT2D eigenvalue weighted by Gasteiger charge is -2.03. The van der Waals surface area contributed by atoms with Gasteiger partial charge < -0.3 is 5.32 Å². The standard InChI is InChI=1S/C8H8ClN5/c1-14-7(2-3-12-14)13-8-10-4-6(9)5-11-8/h2-5H,1H3,(H,10,11,13). The molecule has 0 fully saturated rings. The maximum Gasteiger partial charge on any atom is 0.228 e. The molecule has 0 atom stereocenters. The molecule has 0 saturated carbocycles. The molecule has 2 heterocycles. The number of nitrogens with zero attached hydrogens (tertiary/aromatic N) is 4. The van der Waals surface area contributed by atoms with Gasteiger partial charge in [-0.1, -0.05) is 11.6 Å². The summed E-state index contributed by atoms with van der Waals surface area (Å²) in [6.07, 6.45) is 4.76. The molecule has 0 aromatic carbocycles. The van der Waals surface area contributed by atoms with Crippen molar-refractivity contribution < 1.29 is 0 Å². The van der Waals surface area contributed by atoms with Crippen LogP contribution >= 0.6 is 11.6 Å². The molecule has 6 heteroatoms. The third-order valence-corrected chi connectivity index (χ3v) is 1.88. The molecule has 0 aliphatic rings. The van der Waals surface area contributed by atoms with Gasteiger partial charge in [-0.15, -0.1) is 0 Å². The Labute approximate surface area is 85.8 Å². The van der Waals surface area contributed by atoms with Crippen LogP contribution in [0.25, 0.3) is 0 Å². The fourth-order valence-electron chi connectivity index (χ4n) is 0.988. The zero-order valence-electron chi connectivity index (χ0n) is 7.48. The van der Waals surface area contributed by atoms with Crippen molar-refractivity contribution in [1.29, 1.82) is 0 Å². The predicted molar refractivity (Wildman–Crippen MR) is 53.5 cm³/mol. The fourth-order valence-corrected chi connectivity index (χ4v) is 1.09. The number of aryl methyl sites for hydroxylation is 1. The Morgan fingerprint density at radius 3 is 2.64 bits per heavy atom. The molecule has 0 radical (unpaired) electrons. The van der Waals surface area contributed by atoms with Crippen molar-refractivity contribution in [2.45, 2.75) is 0 Å². The van der Waals surface area contributed by atoms with Crippen molar-refractivity contribution in [1.82, 2.24) is 19.7 Å². The van der Waals surface area contributed by atoms with Crippen LogP contribution in [0.3, 0.4) is 0 Å². The first-order valence-corrected chi connectivity index (χ1v) is 4.36. The van der Waals surface area contributed by atoms with Gasteiger partial charge in [-0.2, -0.15) is 5.10 Å². The van der Waals surface area contributed by atoms with Gasteiger partial charge in [0.15, 0.2) is 0 Å². The van der Waals surface area contributed by atoms with Gasteiger partial charge in [-0.05, 0) is 0 Å². The highest BCUT2D eigenvalue weighted by atomic mass is 35.5. The first-order chi connectivity index (χ1) is 6.75. The summed E-state index contributed by atoms with van der Waals surface area (Å²) in [4.78, 5) is 8.00. The lowest BCUT2D eigenvalue weighted by molar-refractivity contribution is 0.775. The van der Waals surface area contributed by atoms with E-state index in [4.69, 9.17) is 11.6 Å². The molecule has 14 heavy (non-hydrogen) atoms. The van der Waals surface area contributed by atoms with Crippen LogP contribution in [0.4, 0.5) is 11.8 Å². The second kappa shape index (κ2) is 3.63. The summed E-state index contributed by atoms with van der Waals surface area (Å²) in [5.74, 6) is 1.32. The van der Waals surface area contributed by atoms with Crippen LogP contribution in [-0.4, -0.2) is 19.7 Å². The monoisotopic (exact) mass is 209 g/mol. The first kappa shape index (κ1) is 8.96. The lowest BCUT2D eigenvalue weighted by Crippen LogP contribution is -2.01. The molecular weight excluding hydrogens is 202 g/mol. The van der Waals surface area contributed by atoms with Crippen LogP contribution in [0.1, 0.15) is 0 Å². The Bertz CT molecular complexity index is 422. The van der Waals surface area contributed by atoms with Gasteiger partial charge in [0.1, 0.15) is 5.82 Å². The van der Waals surface area contributed by atoms with Gasteiger partial charge in [-0.3, -0.25) is 4.68 Å². The average molecular weight is 210 g/mol. The van der Waals surface area contributed by atoms with Gasteiger partial charge in [0.2, 0.25) is 5.95 Å². The van der Waals surface area contributed by atoms with Crippen molar-refractivity contribution in [3.63, 3.8) is 0 Å². The number of rotatable bonds is 2. The highest BCUT2D eigenvalue weighted by Gasteiger charge is 2.00. The van der Waals surface area contributed by atoms with Crippen LogP contribution in [0.15, 0.2) is 24.7 Å². The van der Waals surface area contributed by atoms with E-state index in [1.54, 1.807) is 10.9 Å². The summed E-state index contributed by atoms with van der Waals surface area (Å²) in [7, 11) is 1.83. The molecule has 2 aromatic heterocycles. The molecule has 2 aromatic rings. The predicted octanol–water partition coefficient (Wildman–Crippen LogP) is 1.61. The molecule has 0 amide bonds. The smallest absolute Gasteiger partial charge is 0.228 e. The van der Waals surface area contributed by atoms with E-state index < -0.39 is 0 Å². The molecule has 0 aliphatic heterocycles. The minimum Gasteiger partial charge on any atom is -0.309 e. The van der Waals surface area contributed by atoms with E-state index in [1.807, 2.05) is 13.1 Å². The number of hydrogen-bond donors (Lipinski definition) is 1. The number of anilines is 2. The molecule has 0 unspecified atom stereocenters. The molecule has 2 rings (SSSR count). The second-order valence-electron chi connectivity index (χ2n) is 2.69. The third kappa shape index (κ3) is 1.82. The van der Waals surface area contributed by atoms with Gasteiger partial charge in [0.05, 0.1) is 23.6 Å². The quantitative estimate of drug-likeness (QED) is 0.817. The van der Waals surface area contributed by atoms with Crippen molar-refractivity contribution in [3.8, 4) is 0 Å². The SMILES string of the molecule is Cn1nccc1Nc1ncc(Cl)cn1. The maximum absolute atomic E-state index is 5.65. The van der Waals surface area contributed by atoms with Crippen molar-refractivity contribution in [3.05, 3.63) is 29.7 Å². The molecule has 0 saturated heterocycles. The molecule has 5 nitrogen and oxygen atoms in total. The Morgan fingerprint density at radius 2 is 2.07 bits per heavy atom. The van der Waals surface area contributed by atoms with E-state index in [9.17, 15) is 0 Å². The molecular formula is C8H8ClN5. The van der Waals surface area contributed by atoms with Gasteiger partial charge in [-0.25, -0.2) is 9.97 Å². The van der Waals surface area contributed by atoms with Crippen LogP contribution < -0.4 is 5.32 Å². The van der Waals surface area contributed by atoms with Crippen molar-refractivity contribution in [2.75, 3.05) is 5.32 Å². The van der Waals surface area contributed by atoms with Crippen LogP contribution in [0.2, 0.25) is 5.02 Å². The summed E-state index contributed by atoms with van der Waals surface area (Å²) in [5, 5.41) is 7.52. The first-order valence-electron chi connectivity index (χ1n) is 3.98. The largest absolute Gasteiger partial charge is 0.309 e. The van der Waals surface area contributed by atoms with Crippen molar-refractivity contribution in [2.24, 2.45) is 7.05 Å². The van der Waals surface area contributed by atoms with E-state index >= 15 is 0 Å². The van der Waals surface area contributed by atoms with E-state index in [1.165, 1.54) is 12.4 Å². The number of halogens is 1. The summed E-state index contributed by atoms with van der Waals surface area (Å²) < 4.78 is 1.69. The molecule has 0 aliphatic carbocycles. The third-order valence-electron chi connectivity index (χ3n) is 1.68. The number of aromatic nitrogens is 4. The van der Waals surface area contributed by atoms with E-state index in [0.717, 1.165) is 5.82 Å².